The van der Waals surface area contributed by atoms with Gasteiger partial charge < -0.3 is 15.0 Å². The zero-order valence-electron chi connectivity index (χ0n) is 16.1. The number of hydrogen-bond acceptors (Lipinski definition) is 6. The molecule has 1 heterocycles. The predicted molar refractivity (Wildman–Crippen MR) is 97.8 cm³/mol. The normalized spacial score (nSPS) is 18.3. The second-order valence-corrected chi connectivity index (χ2v) is 8.94. The van der Waals surface area contributed by atoms with Crippen LogP contribution in [0.5, 0.6) is 0 Å². The van der Waals surface area contributed by atoms with E-state index < -0.39 is 11.3 Å². The maximum atomic E-state index is 13.1. The van der Waals surface area contributed by atoms with Gasteiger partial charge in [-0.3, -0.25) is 4.79 Å². The Kier molecular flexibility index (Phi) is 6.22. The number of aromatic nitrogens is 2. The van der Waals surface area contributed by atoms with E-state index in [4.69, 9.17) is 4.74 Å². The smallest absolute Gasteiger partial charge is 0.250 e. The molecule has 1 amide bonds. The molecule has 148 valence electrons. The second-order valence-electron chi connectivity index (χ2n) is 8.21. The topological polar surface area (TPSA) is 67.3 Å². The van der Waals surface area contributed by atoms with Gasteiger partial charge in [0.1, 0.15) is 5.82 Å². The largest absolute Gasteiger partial charge is 0.384 e. The van der Waals surface area contributed by atoms with Crippen molar-refractivity contribution in [2.75, 3.05) is 38.8 Å². The van der Waals surface area contributed by atoms with Crippen LogP contribution in [0, 0.1) is 10.8 Å². The average molecular weight is 391 g/mol. The Morgan fingerprint density at radius 1 is 1.42 bits per heavy atom. The first-order valence-corrected chi connectivity index (χ1v) is 9.43. The minimum atomic E-state index is -2.71. The van der Waals surface area contributed by atoms with Crippen molar-refractivity contribution in [3.63, 3.8) is 0 Å². The number of carbonyl (C=O) groups is 1. The maximum Gasteiger partial charge on any atom is 0.250 e. The summed E-state index contributed by atoms with van der Waals surface area (Å²) in [5, 5.41) is 3.65. The van der Waals surface area contributed by atoms with Crippen LogP contribution < -0.4 is 10.2 Å². The van der Waals surface area contributed by atoms with Gasteiger partial charge in [-0.05, 0) is 5.41 Å². The number of alkyl halides is 2. The molecular formula is C17H28F2N4O2S. The number of nitrogens with one attached hydrogen (secondary N) is 1. The molecule has 9 heteroatoms. The molecule has 0 spiro atoms. The number of ether oxygens (including phenoxy) is 1. The molecule has 0 unspecified atom stereocenters. The van der Waals surface area contributed by atoms with Crippen molar-refractivity contribution >= 4 is 22.6 Å². The van der Waals surface area contributed by atoms with Gasteiger partial charge in [-0.2, -0.15) is 4.37 Å². The summed E-state index contributed by atoms with van der Waals surface area (Å²) in [5.74, 6) is -2.25. The third-order valence-electron chi connectivity index (χ3n) is 4.55. The van der Waals surface area contributed by atoms with Crippen LogP contribution in [0.1, 0.15) is 39.4 Å². The van der Waals surface area contributed by atoms with Crippen molar-refractivity contribution in [1.82, 2.24) is 14.7 Å². The third kappa shape index (κ3) is 5.33. The van der Waals surface area contributed by atoms with E-state index in [2.05, 4.69) is 14.7 Å². The molecule has 1 aromatic rings. The summed E-state index contributed by atoms with van der Waals surface area (Å²) in [6.45, 7) is 7.28. The third-order valence-corrected chi connectivity index (χ3v) is 5.42. The van der Waals surface area contributed by atoms with Crippen LogP contribution in [0.3, 0.4) is 0 Å². The van der Waals surface area contributed by atoms with Crippen molar-refractivity contribution < 1.29 is 18.3 Å². The first-order chi connectivity index (χ1) is 12.0. The minimum absolute atomic E-state index is 0.245. The maximum absolute atomic E-state index is 13.1. The van der Waals surface area contributed by atoms with Crippen molar-refractivity contribution in [3.8, 4) is 0 Å². The fourth-order valence-electron chi connectivity index (χ4n) is 3.24. The average Bonchev–Trinajstić information content (AvgIpc) is 2.97. The highest BCUT2D eigenvalue weighted by molar-refractivity contribution is 7.09. The van der Waals surface area contributed by atoms with Crippen molar-refractivity contribution in [1.29, 1.82) is 0 Å². The highest BCUT2D eigenvalue weighted by Crippen LogP contribution is 2.51. The van der Waals surface area contributed by atoms with Crippen LogP contribution in [-0.2, 0) is 16.0 Å². The highest BCUT2D eigenvalue weighted by Gasteiger charge is 2.57. The Balaban J connectivity index is 1.84. The van der Waals surface area contributed by atoms with Crippen LogP contribution in [0.25, 0.3) is 0 Å². The zero-order valence-corrected chi connectivity index (χ0v) is 16.9. The Labute approximate surface area is 157 Å². The molecule has 1 N–H and O–H groups in total. The molecule has 1 aliphatic rings. The van der Waals surface area contributed by atoms with E-state index in [1.165, 1.54) is 11.5 Å². The van der Waals surface area contributed by atoms with Gasteiger partial charge >= 0.3 is 0 Å². The SMILES string of the molecule is COCCc1nsc(N(C)CC(C)(C)CNC(=O)C2(C)CC(F)(F)C2)n1. The molecule has 6 nitrogen and oxygen atoms in total. The van der Waals surface area contributed by atoms with E-state index >= 15 is 0 Å². The number of amides is 1. The summed E-state index contributed by atoms with van der Waals surface area (Å²) in [6, 6.07) is 0. The fourth-order valence-corrected chi connectivity index (χ4v) is 3.91. The molecule has 26 heavy (non-hydrogen) atoms. The first kappa shape index (κ1) is 21.0. The summed E-state index contributed by atoms with van der Waals surface area (Å²) >= 11 is 1.33. The summed E-state index contributed by atoms with van der Waals surface area (Å²) < 4.78 is 35.5. The van der Waals surface area contributed by atoms with Crippen LogP contribution in [0.4, 0.5) is 13.9 Å². The number of carbonyl (C=O) groups excluding carboxylic acids is 1. The van der Waals surface area contributed by atoms with Crippen molar-refractivity contribution in [3.05, 3.63) is 5.82 Å². The monoisotopic (exact) mass is 390 g/mol. The lowest BCUT2D eigenvalue weighted by Crippen LogP contribution is -2.55. The van der Waals surface area contributed by atoms with Gasteiger partial charge in [-0.25, -0.2) is 13.8 Å². The summed E-state index contributed by atoms with van der Waals surface area (Å²) in [5.41, 5.74) is -1.20. The molecule has 0 radical (unpaired) electrons. The number of hydrogen-bond donors (Lipinski definition) is 1. The minimum Gasteiger partial charge on any atom is -0.384 e. The van der Waals surface area contributed by atoms with Gasteiger partial charge in [0.25, 0.3) is 0 Å². The van der Waals surface area contributed by atoms with E-state index in [0.717, 1.165) is 11.0 Å². The quantitative estimate of drug-likeness (QED) is 0.702. The molecule has 0 aromatic carbocycles. The van der Waals surface area contributed by atoms with E-state index in [0.29, 0.717) is 26.1 Å². The Hall–Kier alpha value is -1.35. The molecular weight excluding hydrogens is 362 g/mol. The van der Waals surface area contributed by atoms with E-state index in [1.807, 2.05) is 25.8 Å². The summed E-state index contributed by atoms with van der Waals surface area (Å²) in [6.07, 6.45) is -0.0775. The summed E-state index contributed by atoms with van der Waals surface area (Å²) in [7, 11) is 3.57. The Bertz CT molecular complexity index is 628. The molecule has 0 aliphatic heterocycles. The fraction of sp³-hybridized carbons (Fsp3) is 0.824. The van der Waals surface area contributed by atoms with Gasteiger partial charge in [0.15, 0.2) is 0 Å². The highest BCUT2D eigenvalue weighted by atomic mass is 32.1. The molecule has 2 rings (SSSR count). The van der Waals surface area contributed by atoms with E-state index in [9.17, 15) is 13.6 Å². The molecule has 0 bridgehead atoms. The van der Waals surface area contributed by atoms with Crippen LogP contribution in [0.2, 0.25) is 0 Å². The van der Waals surface area contributed by atoms with Gasteiger partial charge in [-0.1, -0.05) is 20.8 Å². The number of nitrogens with zero attached hydrogens (tertiary/aromatic N) is 3. The van der Waals surface area contributed by atoms with Gasteiger partial charge in [0.2, 0.25) is 17.0 Å². The number of anilines is 1. The molecule has 1 saturated carbocycles. The predicted octanol–water partition coefficient (Wildman–Crippen LogP) is 2.74. The number of halogens is 2. The summed E-state index contributed by atoms with van der Waals surface area (Å²) in [4.78, 5) is 18.7. The van der Waals surface area contributed by atoms with Crippen LogP contribution in [0.15, 0.2) is 0 Å². The van der Waals surface area contributed by atoms with Gasteiger partial charge in [0, 0.05) is 58.0 Å². The second kappa shape index (κ2) is 7.72. The lowest BCUT2D eigenvalue weighted by atomic mass is 9.67. The lowest BCUT2D eigenvalue weighted by Gasteiger charge is -2.43. The molecule has 1 aromatic heterocycles. The van der Waals surface area contributed by atoms with Crippen LogP contribution in [-0.4, -0.2) is 55.0 Å². The first-order valence-electron chi connectivity index (χ1n) is 8.65. The lowest BCUT2D eigenvalue weighted by molar-refractivity contribution is -0.174. The molecule has 1 aliphatic carbocycles. The van der Waals surface area contributed by atoms with Gasteiger partial charge in [0.05, 0.1) is 12.0 Å². The standard InChI is InChI=1S/C17H28F2N4O2S/c1-15(2,10-20-13(24)16(3)8-17(18,19)9-16)11-23(4)14-21-12(22-26-14)6-7-25-5/h6-11H2,1-5H3,(H,20,24). The van der Waals surface area contributed by atoms with Gasteiger partial charge in [-0.15, -0.1) is 0 Å². The Morgan fingerprint density at radius 3 is 2.65 bits per heavy atom. The van der Waals surface area contributed by atoms with Crippen LogP contribution >= 0.6 is 11.5 Å². The molecule has 0 atom stereocenters. The number of methoxy groups -OCH3 is 1. The number of rotatable bonds is 9. The van der Waals surface area contributed by atoms with Crippen molar-refractivity contribution in [2.24, 2.45) is 10.8 Å². The Morgan fingerprint density at radius 2 is 2.08 bits per heavy atom. The van der Waals surface area contributed by atoms with Crippen molar-refractivity contribution in [2.45, 2.75) is 46.0 Å². The van der Waals surface area contributed by atoms with E-state index in [-0.39, 0.29) is 24.2 Å². The molecule has 0 saturated heterocycles. The van der Waals surface area contributed by atoms with E-state index in [1.54, 1.807) is 14.0 Å². The molecule has 1 fully saturated rings. The zero-order chi connectivity index (χ0) is 19.6.